The average molecular weight is 384 g/mol. The van der Waals surface area contributed by atoms with Crippen molar-refractivity contribution < 1.29 is 21.7 Å². The second-order valence-electron chi connectivity index (χ2n) is 7.32. The number of nitrogens with zero attached hydrogens (tertiary/aromatic N) is 1. The predicted octanol–water partition coefficient (Wildman–Crippen LogP) is 3.48. The number of halogens is 1. The molecule has 0 spiro atoms. The molecule has 1 heterocycles. The van der Waals surface area contributed by atoms with Crippen molar-refractivity contribution in [1.82, 2.24) is 0 Å². The highest BCUT2D eigenvalue weighted by Crippen LogP contribution is 2.12. The normalized spacial score (nSPS) is 10.7. The molecule has 1 rings (SSSR count). The summed E-state index contributed by atoms with van der Waals surface area (Å²) in [7, 11) is 0. The van der Waals surface area contributed by atoms with E-state index in [0.29, 0.717) is 0 Å². The van der Waals surface area contributed by atoms with Gasteiger partial charge in [-0.05, 0) is 6.42 Å². The van der Waals surface area contributed by atoms with Gasteiger partial charge in [-0.25, -0.2) is 4.57 Å². The van der Waals surface area contributed by atoms with Crippen LogP contribution in [0.2, 0.25) is 0 Å². The Kier molecular flexibility index (Phi) is 20.2. The molecule has 0 aliphatic heterocycles. The van der Waals surface area contributed by atoms with Crippen LogP contribution >= 0.6 is 0 Å². The molecule has 0 bridgehead atoms. The fourth-order valence-electron chi connectivity index (χ4n) is 3.25. The van der Waals surface area contributed by atoms with E-state index in [2.05, 4.69) is 36.0 Å². The summed E-state index contributed by atoms with van der Waals surface area (Å²) in [6, 6.07) is 6.17. The first-order valence-corrected chi connectivity index (χ1v) is 11.0. The van der Waals surface area contributed by atoms with Crippen molar-refractivity contribution in [3.63, 3.8) is 0 Å². The van der Waals surface area contributed by atoms with Crippen LogP contribution in [0.5, 0.6) is 0 Å². The standard InChI is InChI=1S/C23H42NO.ClH/c1-2-3-4-5-6-7-8-9-10-11-12-13-14-18-22-25-23-21-24-19-16-15-17-20-24;/h15-17,19-20H,2-14,18,21-23H2,1H3;1H/q+1;/p-1. The number of ether oxygens (including phenoxy) is 1. The maximum Gasteiger partial charge on any atom is 0.171 e. The van der Waals surface area contributed by atoms with E-state index in [-0.39, 0.29) is 12.4 Å². The van der Waals surface area contributed by atoms with Gasteiger partial charge in [0.15, 0.2) is 18.9 Å². The van der Waals surface area contributed by atoms with Crippen molar-refractivity contribution in [2.75, 3.05) is 13.2 Å². The molecule has 0 amide bonds. The molecule has 0 atom stereocenters. The topological polar surface area (TPSA) is 13.1 Å². The van der Waals surface area contributed by atoms with Crippen LogP contribution in [0.4, 0.5) is 0 Å². The number of hydrogen-bond donors (Lipinski definition) is 0. The fourth-order valence-corrected chi connectivity index (χ4v) is 3.25. The molecule has 0 aliphatic carbocycles. The lowest BCUT2D eigenvalue weighted by molar-refractivity contribution is -0.698. The van der Waals surface area contributed by atoms with E-state index < -0.39 is 0 Å². The second-order valence-corrected chi connectivity index (χ2v) is 7.32. The van der Waals surface area contributed by atoms with E-state index in [1.54, 1.807) is 0 Å². The van der Waals surface area contributed by atoms with Gasteiger partial charge in [-0.3, -0.25) is 0 Å². The first-order valence-electron chi connectivity index (χ1n) is 11.0. The average Bonchev–Trinajstić information content (AvgIpc) is 2.65. The molecule has 2 nitrogen and oxygen atoms in total. The molecule has 0 aliphatic rings. The molecule has 1 aromatic heterocycles. The molecular formula is C23H42ClNO. The Hall–Kier alpha value is -0.600. The van der Waals surface area contributed by atoms with Gasteiger partial charge in [0.25, 0.3) is 0 Å². The van der Waals surface area contributed by atoms with Gasteiger partial charge in [-0.15, -0.1) is 0 Å². The zero-order valence-corrected chi connectivity index (χ0v) is 17.9. The Balaban J connectivity index is 0.00000625. The van der Waals surface area contributed by atoms with Gasteiger partial charge in [-0.2, -0.15) is 0 Å². The number of pyridine rings is 1. The van der Waals surface area contributed by atoms with Crippen LogP contribution in [0.3, 0.4) is 0 Å². The van der Waals surface area contributed by atoms with Crippen molar-refractivity contribution in [3.05, 3.63) is 30.6 Å². The SMILES string of the molecule is CCCCCCCCCCCCCCCCOCC[n+]1ccccc1.[Cl-]. The maximum absolute atomic E-state index is 5.72. The van der Waals surface area contributed by atoms with Gasteiger partial charge in [0.1, 0.15) is 6.61 Å². The van der Waals surface area contributed by atoms with Gasteiger partial charge < -0.3 is 17.1 Å². The Morgan fingerprint density at radius 2 is 1.04 bits per heavy atom. The summed E-state index contributed by atoms with van der Waals surface area (Å²) in [4.78, 5) is 0. The molecule has 26 heavy (non-hydrogen) atoms. The summed E-state index contributed by atoms with van der Waals surface area (Å²) in [5, 5.41) is 0. The van der Waals surface area contributed by atoms with Crippen LogP contribution in [0.25, 0.3) is 0 Å². The minimum atomic E-state index is 0. The molecule has 0 fully saturated rings. The van der Waals surface area contributed by atoms with Crippen molar-refractivity contribution >= 4 is 0 Å². The minimum absolute atomic E-state index is 0. The van der Waals surface area contributed by atoms with Crippen LogP contribution in [0.15, 0.2) is 30.6 Å². The third-order valence-electron chi connectivity index (χ3n) is 4.91. The van der Waals surface area contributed by atoms with Crippen molar-refractivity contribution in [2.45, 2.75) is 103 Å². The van der Waals surface area contributed by atoms with E-state index in [0.717, 1.165) is 19.8 Å². The van der Waals surface area contributed by atoms with Crippen LogP contribution < -0.4 is 17.0 Å². The molecule has 1 aromatic rings. The minimum Gasteiger partial charge on any atom is -1.00 e. The smallest absolute Gasteiger partial charge is 0.171 e. The largest absolute Gasteiger partial charge is 1.00 e. The van der Waals surface area contributed by atoms with E-state index in [9.17, 15) is 0 Å². The number of hydrogen-bond acceptors (Lipinski definition) is 1. The van der Waals surface area contributed by atoms with Gasteiger partial charge in [0, 0.05) is 18.7 Å². The number of unbranched alkanes of at least 4 members (excludes halogenated alkanes) is 13. The molecule has 0 aromatic carbocycles. The zero-order valence-electron chi connectivity index (χ0n) is 17.1. The van der Waals surface area contributed by atoms with Crippen LogP contribution in [-0.2, 0) is 11.3 Å². The summed E-state index contributed by atoms with van der Waals surface area (Å²) < 4.78 is 7.90. The Bertz CT molecular complexity index is 372. The van der Waals surface area contributed by atoms with Gasteiger partial charge >= 0.3 is 0 Å². The third kappa shape index (κ3) is 16.8. The Morgan fingerprint density at radius 3 is 1.54 bits per heavy atom. The van der Waals surface area contributed by atoms with E-state index in [1.165, 1.54) is 89.9 Å². The van der Waals surface area contributed by atoms with E-state index >= 15 is 0 Å². The lowest BCUT2D eigenvalue weighted by atomic mass is 10.0. The predicted molar refractivity (Wildman–Crippen MR) is 108 cm³/mol. The van der Waals surface area contributed by atoms with Gasteiger partial charge in [0.2, 0.25) is 0 Å². The van der Waals surface area contributed by atoms with Crippen molar-refractivity contribution in [1.29, 1.82) is 0 Å². The highest BCUT2D eigenvalue weighted by Gasteiger charge is 1.98. The highest BCUT2D eigenvalue weighted by atomic mass is 35.5. The summed E-state index contributed by atoms with van der Waals surface area (Å²) in [5.74, 6) is 0. The fraction of sp³-hybridized carbons (Fsp3) is 0.783. The monoisotopic (exact) mass is 383 g/mol. The van der Waals surface area contributed by atoms with Crippen molar-refractivity contribution in [2.24, 2.45) is 0 Å². The highest BCUT2D eigenvalue weighted by molar-refractivity contribution is 4.83. The lowest BCUT2D eigenvalue weighted by Crippen LogP contribution is -3.00. The summed E-state index contributed by atoms with van der Waals surface area (Å²) in [6.07, 6.45) is 23.9. The number of rotatable bonds is 18. The Morgan fingerprint density at radius 1 is 0.577 bits per heavy atom. The summed E-state index contributed by atoms with van der Waals surface area (Å²) in [6.45, 7) is 5.00. The summed E-state index contributed by atoms with van der Waals surface area (Å²) >= 11 is 0. The van der Waals surface area contributed by atoms with Gasteiger partial charge in [0.05, 0.1) is 0 Å². The molecule has 0 unspecified atom stereocenters. The first-order chi connectivity index (χ1) is 12.4. The summed E-state index contributed by atoms with van der Waals surface area (Å²) in [5.41, 5.74) is 0. The lowest BCUT2D eigenvalue weighted by Gasteiger charge is -2.04. The van der Waals surface area contributed by atoms with Crippen LogP contribution in [-0.4, -0.2) is 13.2 Å². The molecule has 3 heteroatoms. The maximum atomic E-state index is 5.72. The van der Waals surface area contributed by atoms with Crippen molar-refractivity contribution in [3.8, 4) is 0 Å². The third-order valence-corrected chi connectivity index (χ3v) is 4.91. The zero-order chi connectivity index (χ0) is 17.8. The number of aromatic nitrogens is 1. The molecule has 152 valence electrons. The van der Waals surface area contributed by atoms with E-state index in [1.807, 2.05) is 6.07 Å². The quantitative estimate of drug-likeness (QED) is 0.279. The molecule has 0 saturated heterocycles. The molecule has 0 N–H and O–H groups in total. The molecular weight excluding hydrogens is 342 g/mol. The van der Waals surface area contributed by atoms with Crippen LogP contribution in [0.1, 0.15) is 96.8 Å². The Labute approximate surface area is 169 Å². The first kappa shape index (κ1) is 25.4. The molecule has 0 radical (unpaired) electrons. The van der Waals surface area contributed by atoms with Crippen LogP contribution in [0, 0.1) is 0 Å². The second kappa shape index (κ2) is 20.7. The van der Waals surface area contributed by atoms with E-state index in [4.69, 9.17) is 4.74 Å². The molecule has 0 saturated carbocycles. The van der Waals surface area contributed by atoms with Gasteiger partial charge in [-0.1, -0.05) is 96.5 Å².